The van der Waals surface area contributed by atoms with Crippen LogP contribution in [-0.2, 0) is 31.9 Å². The summed E-state index contributed by atoms with van der Waals surface area (Å²) in [7, 11) is 2.55. The predicted molar refractivity (Wildman–Crippen MR) is 110 cm³/mol. The molecule has 6 heteroatoms. The van der Waals surface area contributed by atoms with Gasteiger partial charge in [-0.1, -0.05) is 24.3 Å². The summed E-state index contributed by atoms with van der Waals surface area (Å²) < 4.78 is 9.74. The average Bonchev–Trinajstić information content (AvgIpc) is 3.00. The van der Waals surface area contributed by atoms with Crippen molar-refractivity contribution in [3.8, 4) is 0 Å². The summed E-state index contributed by atoms with van der Waals surface area (Å²) in [5.41, 5.74) is 3.15. The van der Waals surface area contributed by atoms with E-state index in [4.69, 9.17) is 9.47 Å². The molecule has 0 atom stereocenters. The van der Waals surface area contributed by atoms with Crippen LogP contribution >= 0.6 is 0 Å². The number of carbonyl (C=O) groups is 2. The second-order valence-corrected chi connectivity index (χ2v) is 6.30. The number of aryl methyl sites for hydroxylation is 2. The Morgan fingerprint density at radius 2 is 1.69 bits per heavy atom. The summed E-state index contributed by atoms with van der Waals surface area (Å²) in [4.78, 5) is 30.6. The molecule has 0 unspecified atom stereocenters. The largest absolute Gasteiger partial charge is 0.465 e. The molecular formula is C23H22N2O4. The van der Waals surface area contributed by atoms with Crippen molar-refractivity contribution in [2.24, 2.45) is 0 Å². The lowest BCUT2D eigenvalue weighted by atomic mass is 10.1. The van der Waals surface area contributed by atoms with E-state index in [0.717, 1.165) is 29.8 Å². The molecule has 1 aliphatic rings. The van der Waals surface area contributed by atoms with Gasteiger partial charge in [0.1, 0.15) is 5.70 Å². The monoisotopic (exact) mass is 390 g/mol. The molecule has 2 aromatic rings. The molecular weight excluding hydrogens is 368 g/mol. The molecule has 2 heterocycles. The van der Waals surface area contributed by atoms with Gasteiger partial charge >= 0.3 is 11.9 Å². The minimum Gasteiger partial charge on any atom is -0.465 e. The summed E-state index contributed by atoms with van der Waals surface area (Å²) >= 11 is 0. The van der Waals surface area contributed by atoms with Gasteiger partial charge < -0.3 is 14.4 Å². The van der Waals surface area contributed by atoms with Gasteiger partial charge in [-0.25, -0.2) is 9.59 Å². The maximum Gasteiger partial charge on any atom is 0.355 e. The molecule has 29 heavy (non-hydrogen) atoms. The van der Waals surface area contributed by atoms with Gasteiger partial charge in [-0.3, -0.25) is 4.98 Å². The lowest BCUT2D eigenvalue weighted by Gasteiger charge is -2.23. The Hall–Kier alpha value is -3.67. The number of pyridine rings is 1. The Balaban J connectivity index is 1.87. The van der Waals surface area contributed by atoms with Gasteiger partial charge in [0.25, 0.3) is 0 Å². The summed E-state index contributed by atoms with van der Waals surface area (Å²) in [5.74, 6) is -1.23. The third-order valence-electron chi connectivity index (χ3n) is 4.50. The minimum absolute atomic E-state index is 0.102. The molecule has 0 fully saturated rings. The van der Waals surface area contributed by atoms with Gasteiger partial charge in [0.05, 0.1) is 19.8 Å². The first-order chi connectivity index (χ1) is 14.1. The maximum atomic E-state index is 12.5. The number of allylic oxidation sites excluding steroid dienone is 2. The first-order valence-electron chi connectivity index (χ1n) is 9.18. The molecule has 3 rings (SSSR count). The number of anilines is 1. The highest BCUT2D eigenvalue weighted by Crippen LogP contribution is 2.26. The first kappa shape index (κ1) is 20.1. The maximum absolute atomic E-state index is 12.5. The van der Waals surface area contributed by atoms with E-state index in [-0.39, 0.29) is 11.3 Å². The molecule has 0 bridgehead atoms. The van der Waals surface area contributed by atoms with E-state index >= 15 is 0 Å². The molecule has 0 saturated carbocycles. The number of ether oxygens (including phenoxy) is 2. The average molecular weight is 390 g/mol. The van der Waals surface area contributed by atoms with E-state index in [1.54, 1.807) is 29.4 Å². The molecule has 0 spiro atoms. The summed E-state index contributed by atoms with van der Waals surface area (Å²) in [6.07, 6.45) is 10.1. The number of hydrogen-bond donors (Lipinski definition) is 0. The van der Waals surface area contributed by atoms with Crippen LogP contribution in [0.1, 0.15) is 11.3 Å². The fourth-order valence-electron chi connectivity index (χ4n) is 3.01. The number of aromatic nitrogens is 1. The zero-order chi connectivity index (χ0) is 20.6. The fraction of sp³-hybridized carbons (Fsp3) is 0.174. The van der Waals surface area contributed by atoms with Crippen LogP contribution in [0.3, 0.4) is 0 Å². The van der Waals surface area contributed by atoms with Crippen molar-refractivity contribution in [3.05, 3.63) is 95.6 Å². The molecule has 1 aliphatic heterocycles. The van der Waals surface area contributed by atoms with Gasteiger partial charge in [-0.2, -0.15) is 0 Å². The van der Waals surface area contributed by atoms with Crippen LogP contribution < -0.4 is 4.90 Å². The Morgan fingerprint density at radius 3 is 2.34 bits per heavy atom. The lowest BCUT2D eigenvalue weighted by molar-refractivity contribution is -0.139. The van der Waals surface area contributed by atoms with Crippen molar-refractivity contribution in [2.75, 3.05) is 19.1 Å². The molecule has 0 amide bonds. The number of hydrogen-bond acceptors (Lipinski definition) is 6. The van der Waals surface area contributed by atoms with E-state index in [1.165, 1.54) is 20.3 Å². The second-order valence-electron chi connectivity index (χ2n) is 6.30. The SMILES string of the molecule is COC(=O)C1=C(C(=O)OC)N(c2ccc(CCc3ccccn3)cc2)C=CC=C1. The Morgan fingerprint density at radius 1 is 0.931 bits per heavy atom. The first-order valence-corrected chi connectivity index (χ1v) is 9.18. The number of benzene rings is 1. The van der Waals surface area contributed by atoms with Gasteiger partial charge in [-0.05, 0) is 54.8 Å². The molecule has 1 aromatic heterocycles. The Labute approximate surface area is 169 Å². The third-order valence-corrected chi connectivity index (χ3v) is 4.50. The van der Waals surface area contributed by atoms with Crippen LogP contribution in [0.15, 0.2) is 84.4 Å². The number of methoxy groups -OCH3 is 2. The normalized spacial score (nSPS) is 13.2. The molecule has 6 nitrogen and oxygen atoms in total. The molecule has 0 radical (unpaired) electrons. The van der Waals surface area contributed by atoms with Gasteiger partial charge in [0.15, 0.2) is 0 Å². The minimum atomic E-state index is -0.624. The summed E-state index contributed by atoms with van der Waals surface area (Å²) in [5, 5.41) is 0. The fourth-order valence-corrected chi connectivity index (χ4v) is 3.01. The standard InChI is InChI=1S/C23H22N2O4/c1-28-22(26)20-8-4-6-16-25(21(20)23(27)29-2)19-13-10-17(11-14-19)9-12-18-7-3-5-15-24-18/h3-8,10-11,13-16H,9,12H2,1-2H3. The van der Waals surface area contributed by atoms with Gasteiger partial charge in [0, 0.05) is 23.8 Å². The molecule has 0 aliphatic carbocycles. The summed E-state index contributed by atoms with van der Waals surface area (Å²) in [6, 6.07) is 13.7. The van der Waals surface area contributed by atoms with E-state index in [1.807, 2.05) is 42.5 Å². The van der Waals surface area contributed by atoms with Crippen molar-refractivity contribution < 1.29 is 19.1 Å². The highest BCUT2D eigenvalue weighted by molar-refractivity contribution is 6.05. The molecule has 0 saturated heterocycles. The zero-order valence-corrected chi connectivity index (χ0v) is 16.4. The Kier molecular flexibility index (Phi) is 6.58. The third kappa shape index (κ3) is 4.79. The van der Waals surface area contributed by atoms with Crippen LogP contribution in [0.4, 0.5) is 5.69 Å². The molecule has 148 valence electrons. The highest BCUT2D eigenvalue weighted by Gasteiger charge is 2.27. The zero-order valence-electron chi connectivity index (χ0n) is 16.4. The summed E-state index contributed by atoms with van der Waals surface area (Å²) in [6.45, 7) is 0. The number of rotatable bonds is 6. The smallest absolute Gasteiger partial charge is 0.355 e. The van der Waals surface area contributed by atoms with Crippen molar-refractivity contribution in [3.63, 3.8) is 0 Å². The van der Waals surface area contributed by atoms with Crippen molar-refractivity contribution in [1.82, 2.24) is 4.98 Å². The van der Waals surface area contributed by atoms with Crippen molar-refractivity contribution in [1.29, 1.82) is 0 Å². The van der Waals surface area contributed by atoms with Crippen LogP contribution in [0.2, 0.25) is 0 Å². The van der Waals surface area contributed by atoms with E-state index in [2.05, 4.69) is 4.98 Å². The van der Waals surface area contributed by atoms with E-state index < -0.39 is 11.9 Å². The van der Waals surface area contributed by atoms with Crippen LogP contribution in [0.5, 0.6) is 0 Å². The van der Waals surface area contributed by atoms with Crippen LogP contribution in [0.25, 0.3) is 0 Å². The van der Waals surface area contributed by atoms with Crippen LogP contribution in [0, 0.1) is 0 Å². The molecule has 1 aromatic carbocycles. The van der Waals surface area contributed by atoms with E-state index in [0.29, 0.717) is 0 Å². The Bertz CT molecular complexity index is 960. The number of nitrogens with zero attached hydrogens (tertiary/aromatic N) is 2. The van der Waals surface area contributed by atoms with Gasteiger partial charge in [0.2, 0.25) is 0 Å². The van der Waals surface area contributed by atoms with E-state index in [9.17, 15) is 9.59 Å². The van der Waals surface area contributed by atoms with Gasteiger partial charge in [-0.15, -0.1) is 0 Å². The quantitative estimate of drug-likeness (QED) is 0.705. The number of esters is 2. The second kappa shape index (κ2) is 9.50. The highest BCUT2D eigenvalue weighted by atomic mass is 16.5. The lowest BCUT2D eigenvalue weighted by Crippen LogP contribution is -2.26. The van der Waals surface area contributed by atoms with Crippen molar-refractivity contribution >= 4 is 17.6 Å². The topological polar surface area (TPSA) is 68.7 Å². The molecule has 0 N–H and O–H groups in total. The number of carbonyl (C=O) groups excluding carboxylic acids is 2. The predicted octanol–water partition coefficient (Wildman–Crippen LogP) is 3.36. The van der Waals surface area contributed by atoms with Crippen molar-refractivity contribution in [2.45, 2.75) is 12.8 Å². The van der Waals surface area contributed by atoms with Crippen LogP contribution in [-0.4, -0.2) is 31.1 Å².